The van der Waals surface area contributed by atoms with Gasteiger partial charge in [0.1, 0.15) is 17.7 Å². The summed E-state index contributed by atoms with van der Waals surface area (Å²) < 4.78 is 53.9. The molecule has 0 aliphatic carbocycles. The summed E-state index contributed by atoms with van der Waals surface area (Å²) in [4.78, 5) is 12.7. The molecule has 1 aliphatic heterocycles. The van der Waals surface area contributed by atoms with E-state index in [0.717, 1.165) is 22.9 Å². The Morgan fingerprint density at radius 1 is 1.17 bits per heavy atom. The van der Waals surface area contributed by atoms with Crippen molar-refractivity contribution in [1.82, 2.24) is 9.62 Å². The van der Waals surface area contributed by atoms with Crippen LogP contribution in [0, 0.1) is 11.6 Å². The maximum Gasteiger partial charge on any atom is 0.243 e. The third-order valence-electron chi connectivity index (χ3n) is 4.99. The summed E-state index contributed by atoms with van der Waals surface area (Å²) in [6.45, 7) is 2.98. The highest BCUT2D eigenvalue weighted by molar-refractivity contribution is 7.89. The molecular formula is C21H25F2N3O3S. The number of carbonyl (C=O) groups excluding carboxylic acids is 1. The van der Waals surface area contributed by atoms with Crippen LogP contribution in [-0.4, -0.2) is 37.8 Å². The Morgan fingerprint density at radius 3 is 2.60 bits per heavy atom. The van der Waals surface area contributed by atoms with Gasteiger partial charge in [-0.3, -0.25) is 4.79 Å². The van der Waals surface area contributed by atoms with Gasteiger partial charge in [0.05, 0.1) is 10.6 Å². The fourth-order valence-electron chi connectivity index (χ4n) is 3.42. The Labute approximate surface area is 175 Å². The number of nitrogens with zero attached hydrogens (tertiary/aromatic N) is 1. The zero-order valence-corrected chi connectivity index (χ0v) is 17.5. The monoisotopic (exact) mass is 437 g/mol. The van der Waals surface area contributed by atoms with E-state index in [4.69, 9.17) is 0 Å². The van der Waals surface area contributed by atoms with Crippen molar-refractivity contribution in [3.05, 3.63) is 59.7 Å². The highest BCUT2D eigenvalue weighted by Gasteiger charge is 2.39. The van der Waals surface area contributed by atoms with Crippen molar-refractivity contribution in [2.45, 2.75) is 43.7 Å². The molecule has 2 aromatic carbocycles. The summed E-state index contributed by atoms with van der Waals surface area (Å²) in [6, 6.07) is 8.26. The number of amides is 1. The lowest BCUT2D eigenvalue weighted by Crippen LogP contribution is -2.45. The molecule has 9 heteroatoms. The molecule has 2 aromatic rings. The van der Waals surface area contributed by atoms with Crippen LogP contribution in [-0.2, 0) is 21.4 Å². The van der Waals surface area contributed by atoms with Gasteiger partial charge >= 0.3 is 0 Å². The van der Waals surface area contributed by atoms with E-state index in [0.29, 0.717) is 30.6 Å². The minimum Gasteiger partial charge on any atom is -0.383 e. The molecule has 1 aliphatic rings. The Hall–Kier alpha value is -2.52. The smallest absolute Gasteiger partial charge is 0.243 e. The van der Waals surface area contributed by atoms with Gasteiger partial charge in [0.25, 0.3) is 0 Å². The number of rotatable bonds is 8. The lowest BCUT2D eigenvalue weighted by Gasteiger charge is -2.23. The highest BCUT2D eigenvalue weighted by Crippen LogP contribution is 2.26. The third kappa shape index (κ3) is 4.96. The lowest BCUT2D eigenvalue weighted by molar-refractivity contribution is -0.124. The first kappa shape index (κ1) is 22.2. The molecule has 30 heavy (non-hydrogen) atoms. The molecule has 0 saturated carbocycles. The molecule has 1 heterocycles. The van der Waals surface area contributed by atoms with Crippen LogP contribution < -0.4 is 10.6 Å². The summed E-state index contributed by atoms with van der Waals surface area (Å²) in [5.74, 6) is -1.31. The normalized spacial score (nSPS) is 17.1. The molecule has 0 unspecified atom stereocenters. The number of benzene rings is 2. The van der Waals surface area contributed by atoms with Crippen molar-refractivity contribution in [2.75, 3.05) is 18.4 Å². The highest BCUT2D eigenvalue weighted by atomic mass is 32.2. The van der Waals surface area contributed by atoms with Gasteiger partial charge in [-0.2, -0.15) is 4.31 Å². The van der Waals surface area contributed by atoms with E-state index in [1.165, 1.54) is 18.2 Å². The molecule has 3 rings (SSSR count). The third-order valence-corrected chi connectivity index (χ3v) is 6.91. The number of anilines is 1. The summed E-state index contributed by atoms with van der Waals surface area (Å²) >= 11 is 0. The van der Waals surface area contributed by atoms with Gasteiger partial charge in [0, 0.05) is 19.6 Å². The number of hydrogen-bond acceptors (Lipinski definition) is 4. The van der Waals surface area contributed by atoms with Gasteiger partial charge in [-0.1, -0.05) is 13.0 Å². The minimum absolute atomic E-state index is 0.0474. The number of nitrogens with one attached hydrogen (secondary N) is 2. The van der Waals surface area contributed by atoms with Gasteiger partial charge in [0.15, 0.2) is 0 Å². The Balaban J connectivity index is 1.68. The van der Waals surface area contributed by atoms with E-state index in [2.05, 4.69) is 10.6 Å². The van der Waals surface area contributed by atoms with Gasteiger partial charge in [-0.15, -0.1) is 0 Å². The van der Waals surface area contributed by atoms with Gasteiger partial charge in [-0.05, 0) is 61.2 Å². The summed E-state index contributed by atoms with van der Waals surface area (Å²) in [6.07, 6.45) is 1.81. The number of halogens is 2. The molecular weight excluding hydrogens is 412 g/mol. The van der Waals surface area contributed by atoms with E-state index in [9.17, 15) is 22.0 Å². The summed E-state index contributed by atoms with van der Waals surface area (Å²) in [5, 5.41) is 5.74. The standard InChI is InChI=1S/C21H25F2N3O3S/c1-2-11-24-19-13-15(5-10-18(19)23)14-25-21(27)20-4-3-12-26(20)30(28,29)17-8-6-16(22)7-9-17/h5-10,13,20,24H,2-4,11-12,14H2,1H3,(H,25,27)/t20-/m0/s1. The molecule has 1 amide bonds. The maximum atomic E-state index is 13.9. The molecule has 0 radical (unpaired) electrons. The maximum absolute atomic E-state index is 13.9. The van der Waals surface area contributed by atoms with Crippen LogP contribution in [0.15, 0.2) is 47.4 Å². The van der Waals surface area contributed by atoms with Crippen LogP contribution in [0.3, 0.4) is 0 Å². The summed E-state index contributed by atoms with van der Waals surface area (Å²) in [7, 11) is -3.91. The van der Waals surface area contributed by atoms with Crippen molar-refractivity contribution in [1.29, 1.82) is 0 Å². The van der Waals surface area contributed by atoms with Crippen LogP contribution in [0.5, 0.6) is 0 Å². The van der Waals surface area contributed by atoms with Gasteiger partial charge < -0.3 is 10.6 Å². The van der Waals surface area contributed by atoms with E-state index < -0.39 is 27.8 Å². The number of sulfonamides is 1. The lowest BCUT2D eigenvalue weighted by atomic mass is 10.1. The average Bonchev–Trinajstić information content (AvgIpc) is 3.23. The van der Waals surface area contributed by atoms with Crippen molar-refractivity contribution >= 4 is 21.6 Å². The van der Waals surface area contributed by atoms with Crippen LogP contribution in [0.2, 0.25) is 0 Å². The van der Waals surface area contributed by atoms with Crippen LogP contribution in [0.25, 0.3) is 0 Å². The van der Waals surface area contributed by atoms with Crippen molar-refractivity contribution in [3.63, 3.8) is 0 Å². The molecule has 0 bridgehead atoms. The van der Waals surface area contributed by atoms with Crippen LogP contribution in [0.1, 0.15) is 31.7 Å². The molecule has 1 fully saturated rings. The Bertz CT molecular complexity index is 997. The topological polar surface area (TPSA) is 78.5 Å². The van der Waals surface area contributed by atoms with E-state index in [1.807, 2.05) is 6.92 Å². The number of hydrogen-bond donors (Lipinski definition) is 2. The predicted octanol–water partition coefficient (Wildman–Crippen LogP) is 3.26. The van der Waals surface area contributed by atoms with Crippen molar-refractivity contribution in [2.24, 2.45) is 0 Å². The molecule has 0 spiro atoms. The van der Waals surface area contributed by atoms with E-state index in [-0.39, 0.29) is 23.8 Å². The second-order valence-corrected chi connectivity index (χ2v) is 9.08. The Morgan fingerprint density at radius 2 is 1.90 bits per heavy atom. The minimum atomic E-state index is -3.91. The SMILES string of the molecule is CCCNc1cc(CNC(=O)[C@@H]2CCCN2S(=O)(=O)c2ccc(F)cc2)ccc1F. The molecule has 1 saturated heterocycles. The molecule has 1 atom stereocenters. The zero-order valence-electron chi connectivity index (χ0n) is 16.7. The molecule has 162 valence electrons. The van der Waals surface area contributed by atoms with Crippen LogP contribution in [0.4, 0.5) is 14.5 Å². The molecule has 6 nitrogen and oxygen atoms in total. The van der Waals surface area contributed by atoms with E-state index in [1.54, 1.807) is 12.1 Å². The van der Waals surface area contributed by atoms with Crippen molar-refractivity contribution in [3.8, 4) is 0 Å². The fourth-order valence-corrected chi connectivity index (χ4v) is 5.07. The Kier molecular flexibility index (Phi) is 7.04. The van der Waals surface area contributed by atoms with E-state index >= 15 is 0 Å². The zero-order chi connectivity index (χ0) is 21.7. The summed E-state index contributed by atoms with van der Waals surface area (Å²) in [5.41, 5.74) is 1.07. The quantitative estimate of drug-likeness (QED) is 0.665. The van der Waals surface area contributed by atoms with Gasteiger partial charge in [0.2, 0.25) is 15.9 Å². The predicted molar refractivity (Wildman–Crippen MR) is 110 cm³/mol. The fraction of sp³-hybridized carbons (Fsp3) is 0.381. The largest absolute Gasteiger partial charge is 0.383 e. The average molecular weight is 438 g/mol. The molecule has 2 N–H and O–H groups in total. The number of carbonyl (C=O) groups is 1. The first-order valence-corrected chi connectivity index (χ1v) is 11.3. The second-order valence-electron chi connectivity index (χ2n) is 7.19. The van der Waals surface area contributed by atoms with Crippen molar-refractivity contribution < 1.29 is 22.0 Å². The second kappa shape index (κ2) is 9.53. The molecule has 0 aromatic heterocycles. The van der Waals surface area contributed by atoms with Crippen LogP contribution >= 0.6 is 0 Å². The van der Waals surface area contributed by atoms with Gasteiger partial charge in [-0.25, -0.2) is 17.2 Å². The first-order chi connectivity index (χ1) is 14.3. The first-order valence-electron chi connectivity index (χ1n) is 9.90.